The van der Waals surface area contributed by atoms with Gasteiger partial charge >= 0.3 is 0 Å². The fourth-order valence-electron chi connectivity index (χ4n) is 2.30. The van der Waals surface area contributed by atoms with Crippen LogP contribution in [0.3, 0.4) is 0 Å². The predicted octanol–water partition coefficient (Wildman–Crippen LogP) is 4.37. The van der Waals surface area contributed by atoms with Crippen LogP contribution >= 0.6 is 7.53 Å². The Labute approximate surface area is 91.3 Å². The first-order valence-corrected chi connectivity index (χ1v) is 7.10. The molecule has 1 heteroatoms. The maximum atomic E-state index is 2.34. The Kier molecular flexibility index (Phi) is 2.04. The van der Waals surface area contributed by atoms with Gasteiger partial charge in [-0.05, 0) is 28.9 Å². The van der Waals surface area contributed by atoms with Gasteiger partial charge in [-0.1, -0.05) is 48.6 Å². The van der Waals surface area contributed by atoms with Gasteiger partial charge in [0.15, 0.2) is 0 Å². The second kappa shape index (κ2) is 3.40. The fraction of sp³-hybridized carbons (Fsp3) is 0.143. The van der Waals surface area contributed by atoms with Crippen molar-refractivity contribution in [2.75, 3.05) is 0 Å². The van der Waals surface area contributed by atoms with Crippen molar-refractivity contribution in [3.05, 3.63) is 64.7 Å². The lowest BCUT2D eigenvalue weighted by Gasteiger charge is -2.11. The standard InChI is InChI=1S/C14H13P/c1-15-10-4-7-14(15)13-9-8-11-5-2-3-6-12(11)13/h2-10,13H,1H3. The predicted molar refractivity (Wildman–Crippen MR) is 67.5 cm³/mol. The summed E-state index contributed by atoms with van der Waals surface area (Å²) in [7, 11) is -0.0346. The zero-order valence-corrected chi connectivity index (χ0v) is 9.62. The minimum Gasteiger partial charge on any atom is -0.124 e. The van der Waals surface area contributed by atoms with Crippen LogP contribution in [0.1, 0.15) is 22.3 Å². The summed E-state index contributed by atoms with van der Waals surface area (Å²) in [4.78, 5) is 0. The molecule has 2 unspecified atom stereocenters. The van der Waals surface area contributed by atoms with Crippen molar-refractivity contribution >= 4 is 13.6 Å². The molecule has 1 aromatic heterocycles. The number of allylic oxidation sites excluding steroid dienone is 1. The van der Waals surface area contributed by atoms with Crippen molar-refractivity contribution in [1.82, 2.24) is 0 Å². The van der Waals surface area contributed by atoms with Gasteiger partial charge in [0, 0.05) is 5.92 Å². The topological polar surface area (TPSA) is 0 Å². The van der Waals surface area contributed by atoms with Gasteiger partial charge in [-0.3, -0.25) is 0 Å². The lowest BCUT2D eigenvalue weighted by atomic mass is 9.99. The summed E-state index contributed by atoms with van der Waals surface area (Å²) in [5, 5.41) is 1.59. The number of rotatable bonds is 1. The average molecular weight is 212 g/mol. The highest BCUT2D eigenvalue weighted by molar-refractivity contribution is 7.48. The van der Waals surface area contributed by atoms with Gasteiger partial charge in [0.05, 0.1) is 0 Å². The van der Waals surface area contributed by atoms with E-state index in [4.69, 9.17) is 0 Å². The first kappa shape index (κ1) is 9.00. The SMILES string of the molecule is Cp1cccc1C1C=Cc2ccccc21. The Bertz CT molecular complexity index is 520. The minimum atomic E-state index is -0.0346. The maximum absolute atomic E-state index is 2.34. The van der Waals surface area contributed by atoms with Gasteiger partial charge in [-0.25, -0.2) is 0 Å². The molecule has 1 aliphatic rings. The number of fused-ring (bicyclic) bond motifs is 1. The third-order valence-corrected chi connectivity index (χ3v) is 4.96. The highest BCUT2D eigenvalue weighted by Crippen LogP contribution is 2.43. The largest absolute Gasteiger partial charge is 0.124 e. The molecule has 2 aromatic rings. The van der Waals surface area contributed by atoms with Crippen LogP contribution in [0.25, 0.3) is 6.08 Å². The third kappa shape index (κ3) is 1.37. The summed E-state index contributed by atoms with van der Waals surface area (Å²) >= 11 is 0. The van der Waals surface area contributed by atoms with Gasteiger partial charge < -0.3 is 0 Å². The first-order chi connectivity index (χ1) is 7.36. The summed E-state index contributed by atoms with van der Waals surface area (Å²) in [5.74, 6) is 2.87. The van der Waals surface area contributed by atoms with Gasteiger partial charge in [-0.15, -0.1) is 7.53 Å². The van der Waals surface area contributed by atoms with E-state index in [0.717, 1.165) is 0 Å². The molecule has 0 fully saturated rings. The molecule has 0 radical (unpaired) electrons. The molecule has 0 saturated heterocycles. The van der Waals surface area contributed by atoms with E-state index >= 15 is 0 Å². The molecule has 0 bridgehead atoms. The monoisotopic (exact) mass is 212 g/mol. The number of hydrogen-bond donors (Lipinski definition) is 0. The van der Waals surface area contributed by atoms with E-state index in [0.29, 0.717) is 5.92 Å². The Morgan fingerprint density at radius 2 is 1.93 bits per heavy atom. The Balaban J connectivity index is 2.12. The summed E-state index contributed by atoms with van der Waals surface area (Å²) in [6.45, 7) is 2.33. The summed E-state index contributed by atoms with van der Waals surface area (Å²) < 4.78 is 0. The average Bonchev–Trinajstić information content (AvgIpc) is 2.83. The molecule has 0 amide bonds. The quantitative estimate of drug-likeness (QED) is 0.658. The lowest BCUT2D eigenvalue weighted by molar-refractivity contribution is 1.08. The van der Waals surface area contributed by atoms with Crippen LogP contribution in [0.15, 0.2) is 48.3 Å². The van der Waals surface area contributed by atoms with E-state index in [1.54, 1.807) is 5.30 Å². The smallest absolute Gasteiger partial charge is 0.0316 e. The van der Waals surface area contributed by atoms with Crippen LogP contribution in [0.5, 0.6) is 0 Å². The fourth-order valence-corrected chi connectivity index (χ4v) is 3.81. The maximum Gasteiger partial charge on any atom is 0.0316 e. The van der Waals surface area contributed by atoms with Crippen molar-refractivity contribution in [3.63, 3.8) is 0 Å². The molecule has 2 atom stereocenters. The van der Waals surface area contributed by atoms with E-state index in [2.05, 4.69) is 61.0 Å². The van der Waals surface area contributed by atoms with Gasteiger partial charge in [-0.2, -0.15) is 0 Å². The van der Waals surface area contributed by atoms with E-state index in [1.807, 2.05) is 0 Å². The molecule has 0 aliphatic heterocycles. The second-order valence-corrected chi connectivity index (χ2v) is 6.05. The molecule has 0 spiro atoms. The first-order valence-electron chi connectivity index (χ1n) is 5.24. The highest BCUT2D eigenvalue weighted by atomic mass is 31.1. The van der Waals surface area contributed by atoms with Crippen molar-refractivity contribution < 1.29 is 0 Å². The van der Waals surface area contributed by atoms with Crippen LogP contribution in [0.2, 0.25) is 0 Å². The van der Waals surface area contributed by atoms with E-state index < -0.39 is 0 Å². The van der Waals surface area contributed by atoms with E-state index in [-0.39, 0.29) is 7.53 Å². The molecular formula is C14H13P. The van der Waals surface area contributed by atoms with Crippen molar-refractivity contribution in [3.8, 4) is 0 Å². The highest BCUT2D eigenvalue weighted by Gasteiger charge is 2.19. The van der Waals surface area contributed by atoms with Gasteiger partial charge in [0.1, 0.15) is 0 Å². The molecule has 15 heavy (non-hydrogen) atoms. The second-order valence-electron chi connectivity index (χ2n) is 4.01. The minimum absolute atomic E-state index is 0.0346. The summed E-state index contributed by atoms with van der Waals surface area (Å²) in [6, 6.07) is 13.2. The Morgan fingerprint density at radius 3 is 2.73 bits per heavy atom. The van der Waals surface area contributed by atoms with Crippen molar-refractivity contribution in [2.24, 2.45) is 6.66 Å². The van der Waals surface area contributed by atoms with Crippen LogP contribution < -0.4 is 0 Å². The van der Waals surface area contributed by atoms with Crippen LogP contribution in [0.4, 0.5) is 0 Å². The normalized spacial score (nSPS) is 19.3. The molecule has 74 valence electrons. The molecule has 1 aliphatic carbocycles. The number of aryl methyl sites for hydroxylation is 1. The zero-order valence-electron chi connectivity index (χ0n) is 8.72. The summed E-state index contributed by atoms with van der Waals surface area (Å²) in [5.41, 5.74) is 2.86. The van der Waals surface area contributed by atoms with Gasteiger partial charge in [0.25, 0.3) is 0 Å². The molecule has 1 aromatic carbocycles. The Morgan fingerprint density at radius 1 is 1.07 bits per heavy atom. The van der Waals surface area contributed by atoms with Crippen molar-refractivity contribution in [1.29, 1.82) is 0 Å². The summed E-state index contributed by atoms with van der Waals surface area (Å²) in [6.07, 6.45) is 4.59. The van der Waals surface area contributed by atoms with Gasteiger partial charge in [0.2, 0.25) is 0 Å². The zero-order chi connectivity index (χ0) is 10.3. The number of benzene rings is 1. The molecule has 0 N–H and O–H groups in total. The molecular weight excluding hydrogens is 199 g/mol. The van der Waals surface area contributed by atoms with E-state index in [9.17, 15) is 0 Å². The molecule has 1 heterocycles. The van der Waals surface area contributed by atoms with Crippen LogP contribution in [-0.4, -0.2) is 0 Å². The van der Waals surface area contributed by atoms with Crippen LogP contribution in [0, 0.1) is 0 Å². The molecule has 0 saturated carbocycles. The lowest BCUT2D eigenvalue weighted by Crippen LogP contribution is -1.92. The molecule has 3 rings (SSSR count). The number of hydrogen-bond acceptors (Lipinski definition) is 0. The third-order valence-electron chi connectivity index (χ3n) is 3.10. The Hall–Kier alpha value is -1.26. The van der Waals surface area contributed by atoms with Crippen molar-refractivity contribution in [2.45, 2.75) is 5.92 Å². The van der Waals surface area contributed by atoms with Crippen LogP contribution in [-0.2, 0) is 6.66 Å². The molecule has 0 nitrogen and oxygen atoms in total. The van der Waals surface area contributed by atoms with E-state index in [1.165, 1.54) is 11.1 Å².